The van der Waals surface area contributed by atoms with E-state index >= 15 is 0 Å². The number of hydrogen-bond donors (Lipinski definition) is 1. The SMILES string of the molecule is CCC(CC)(c1ccc(CCC2(O)CCCC2)c(C)c1)c1ccc(OC(C)(C)OC)c(C)c1. The van der Waals surface area contributed by atoms with Crippen molar-refractivity contribution in [3.63, 3.8) is 0 Å². The Hall–Kier alpha value is -1.84. The summed E-state index contributed by atoms with van der Waals surface area (Å²) in [5.74, 6) is 0.209. The molecule has 0 spiro atoms. The van der Waals surface area contributed by atoms with Crippen LogP contribution in [0.15, 0.2) is 36.4 Å². The Morgan fingerprint density at radius 1 is 0.909 bits per heavy atom. The molecule has 0 heterocycles. The van der Waals surface area contributed by atoms with E-state index in [1.165, 1.54) is 22.3 Å². The summed E-state index contributed by atoms with van der Waals surface area (Å²) in [6.45, 7) is 12.8. The van der Waals surface area contributed by atoms with Crippen molar-refractivity contribution in [2.75, 3.05) is 7.11 Å². The molecule has 182 valence electrons. The summed E-state index contributed by atoms with van der Waals surface area (Å²) < 4.78 is 11.5. The van der Waals surface area contributed by atoms with Crippen LogP contribution in [-0.2, 0) is 16.6 Å². The molecule has 0 aromatic heterocycles. The zero-order valence-electron chi connectivity index (χ0n) is 21.9. The number of methoxy groups -OCH3 is 1. The van der Waals surface area contributed by atoms with Gasteiger partial charge in [0.2, 0.25) is 5.79 Å². The van der Waals surface area contributed by atoms with Crippen LogP contribution in [0, 0.1) is 13.8 Å². The second kappa shape index (κ2) is 10.2. The fraction of sp³-hybridized carbons (Fsp3) is 0.600. The largest absolute Gasteiger partial charge is 0.463 e. The number of aliphatic hydroxyl groups is 1. The van der Waals surface area contributed by atoms with Gasteiger partial charge in [0.25, 0.3) is 0 Å². The smallest absolute Gasteiger partial charge is 0.204 e. The molecule has 3 rings (SSSR count). The summed E-state index contributed by atoms with van der Waals surface area (Å²) in [5.41, 5.74) is 6.05. The van der Waals surface area contributed by atoms with E-state index in [0.29, 0.717) is 0 Å². The lowest BCUT2D eigenvalue weighted by molar-refractivity contribution is -0.134. The molecule has 0 atom stereocenters. The Balaban J connectivity index is 1.88. The molecule has 1 aliphatic rings. The molecule has 0 saturated heterocycles. The summed E-state index contributed by atoms with van der Waals surface area (Å²) in [6, 6.07) is 13.6. The Kier molecular flexibility index (Phi) is 7.96. The van der Waals surface area contributed by atoms with Gasteiger partial charge >= 0.3 is 0 Å². The molecule has 1 saturated carbocycles. The highest BCUT2D eigenvalue weighted by Gasteiger charge is 2.33. The van der Waals surface area contributed by atoms with Crippen LogP contribution in [0.4, 0.5) is 0 Å². The van der Waals surface area contributed by atoms with Gasteiger partial charge in [-0.25, -0.2) is 0 Å². The molecule has 0 unspecified atom stereocenters. The van der Waals surface area contributed by atoms with Crippen LogP contribution in [0.2, 0.25) is 0 Å². The van der Waals surface area contributed by atoms with E-state index in [4.69, 9.17) is 9.47 Å². The third-order valence-corrected chi connectivity index (χ3v) is 8.07. The van der Waals surface area contributed by atoms with Crippen molar-refractivity contribution in [3.05, 3.63) is 64.2 Å². The van der Waals surface area contributed by atoms with Crippen molar-refractivity contribution < 1.29 is 14.6 Å². The van der Waals surface area contributed by atoms with E-state index in [1.807, 2.05) is 13.8 Å². The fourth-order valence-electron chi connectivity index (χ4n) is 5.53. The van der Waals surface area contributed by atoms with Crippen LogP contribution in [0.5, 0.6) is 5.75 Å². The average Bonchev–Trinajstić information content (AvgIpc) is 3.22. The summed E-state index contributed by atoms with van der Waals surface area (Å²) in [4.78, 5) is 0. The Morgan fingerprint density at radius 3 is 2.00 bits per heavy atom. The molecule has 33 heavy (non-hydrogen) atoms. The number of aryl methyl sites for hydroxylation is 3. The van der Waals surface area contributed by atoms with Crippen LogP contribution >= 0.6 is 0 Å². The first kappa shape index (κ1) is 25.8. The summed E-state index contributed by atoms with van der Waals surface area (Å²) in [5, 5.41) is 10.8. The Labute approximate surface area is 201 Å². The van der Waals surface area contributed by atoms with E-state index < -0.39 is 11.4 Å². The third kappa shape index (κ3) is 5.63. The van der Waals surface area contributed by atoms with Gasteiger partial charge < -0.3 is 14.6 Å². The van der Waals surface area contributed by atoms with Crippen molar-refractivity contribution in [1.82, 2.24) is 0 Å². The zero-order chi connectivity index (χ0) is 24.3. The highest BCUT2D eigenvalue weighted by Crippen LogP contribution is 2.41. The van der Waals surface area contributed by atoms with Crippen molar-refractivity contribution in [3.8, 4) is 5.75 Å². The maximum absolute atomic E-state index is 10.8. The molecule has 1 aliphatic carbocycles. The van der Waals surface area contributed by atoms with E-state index in [0.717, 1.165) is 62.7 Å². The van der Waals surface area contributed by atoms with Gasteiger partial charge in [-0.1, -0.05) is 57.0 Å². The molecule has 0 amide bonds. The van der Waals surface area contributed by atoms with Crippen molar-refractivity contribution >= 4 is 0 Å². The minimum Gasteiger partial charge on any atom is -0.463 e. The van der Waals surface area contributed by atoms with Crippen molar-refractivity contribution in [1.29, 1.82) is 0 Å². The lowest BCUT2D eigenvalue weighted by Gasteiger charge is -2.35. The van der Waals surface area contributed by atoms with Gasteiger partial charge in [0.15, 0.2) is 0 Å². The zero-order valence-corrected chi connectivity index (χ0v) is 21.9. The molecular formula is C30H44O3. The second-order valence-electron chi connectivity index (χ2n) is 10.5. The molecule has 2 aromatic rings. The highest BCUT2D eigenvalue weighted by molar-refractivity contribution is 5.47. The van der Waals surface area contributed by atoms with E-state index in [-0.39, 0.29) is 5.41 Å². The maximum Gasteiger partial charge on any atom is 0.204 e. The van der Waals surface area contributed by atoms with Crippen LogP contribution in [0.1, 0.15) is 100 Å². The molecule has 1 fully saturated rings. The van der Waals surface area contributed by atoms with Crippen LogP contribution < -0.4 is 4.74 Å². The van der Waals surface area contributed by atoms with Gasteiger partial charge in [-0.05, 0) is 86.3 Å². The first-order valence-electron chi connectivity index (χ1n) is 12.8. The number of rotatable bonds is 10. The Bertz CT molecular complexity index is 934. The summed E-state index contributed by atoms with van der Waals surface area (Å²) >= 11 is 0. The normalized spacial score (nSPS) is 16.2. The molecule has 3 nitrogen and oxygen atoms in total. The van der Waals surface area contributed by atoms with Crippen LogP contribution in [0.25, 0.3) is 0 Å². The molecule has 3 heteroatoms. The molecular weight excluding hydrogens is 408 g/mol. The summed E-state index contributed by atoms with van der Waals surface area (Å²) in [7, 11) is 1.67. The lowest BCUT2D eigenvalue weighted by atomic mass is 9.69. The van der Waals surface area contributed by atoms with Gasteiger partial charge in [-0.3, -0.25) is 0 Å². The standard InChI is InChI=1S/C30H44O3/c1-8-30(9-2,26-14-15-27(23(4)21-26)33-28(5,6)32-7)25-13-12-24(22(3)20-25)16-19-29(31)17-10-11-18-29/h12-15,20-21,31H,8-11,16-19H2,1-7H3. The lowest BCUT2D eigenvalue weighted by Crippen LogP contribution is -2.31. The fourth-order valence-corrected chi connectivity index (χ4v) is 5.53. The van der Waals surface area contributed by atoms with E-state index in [9.17, 15) is 5.11 Å². The van der Waals surface area contributed by atoms with Crippen molar-refractivity contribution in [2.24, 2.45) is 0 Å². The van der Waals surface area contributed by atoms with Gasteiger partial charge in [-0.15, -0.1) is 0 Å². The Morgan fingerprint density at radius 2 is 1.48 bits per heavy atom. The molecule has 1 N–H and O–H groups in total. The van der Waals surface area contributed by atoms with Gasteiger partial charge in [0, 0.05) is 26.4 Å². The number of hydrogen-bond acceptors (Lipinski definition) is 3. The first-order chi connectivity index (χ1) is 15.6. The maximum atomic E-state index is 10.8. The molecule has 0 aliphatic heterocycles. The topological polar surface area (TPSA) is 38.7 Å². The van der Waals surface area contributed by atoms with Crippen LogP contribution in [-0.4, -0.2) is 23.6 Å². The predicted molar refractivity (Wildman–Crippen MR) is 137 cm³/mol. The predicted octanol–water partition coefficient (Wildman–Crippen LogP) is 7.41. The van der Waals surface area contributed by atoms with E-state index in [1.54, 1.807) is 7.11 Å². The van der Waals surface area contributed by atoms with E-state index in [2.05, 4.69) is 64.1 Å². The minimum atomic E-state index is -0.655. The number of benzene rings is 2. The van der Waals surface area contributed by atoms with Gasteiger partial charge in [-0.2, -0.15) is 0 Å². The monoisotopic (exact) mass is 452 g/mol. The van der Waals surface area contributed by atoms with Gasteiger partial charge in [0.1, 0.15) is 5.75 Å². The molecule has 0 bridgehead atoms. The second-order valence-corrected chi connectivity index (χ2v) is 10.5. The van der Waals surface area contributed by atoms with Crippen molar-refractivity contribution in [2.45, 2.75) is 110 Å². The number of ether oxygens (including phenoxy) is 2. The quantitative estimate of drug-likeness (QED) is 0.381. The highest BCUT2D eigenvalue weighted by atomic mass is 16.7. The van der Waals surface area contributed by atoms with Gasteiger partial charge in [0.05, 0.1) is 5.60 Å². The molecule has 0 radical (unpaired) electrons. The average molecular weight is 453 g/mol. The first-order valence-corrected chi connectivity index (χ1v) is 12.8. The molecule has 2 aromatic carbocycles. The minimum absolute atomic E-state index is 0.0347. The van der Waals surface area contributed by atoms with Crippen LogP contribution in [0.3, 0.4) is 0 Å². The summed E-state index contributed by atoms with van der Waals surface area (Å²) in [6.07, 6.45) is 8.13. The third-order valence-electron chi connectivity index (χ3n) is 8.07.